The Labute approximate surface area is 95.1 Å². The number of methoxy groups -OCH3 is 1. The van der Waals surface area contributed by atoms with Gasteiger partial charge in [-0.3, -0.25) is 4.79 Å². The Bertz CT molecular complexity index is 413. The van der Waals surface area contributed by atoms with Crippen LogP contribution < -0.4 is 5.32 Å². The van der Waals surface area contributed by atoms with E-state index in [0.717, 1.165) is 16.8 Å². The molecule has 1 rings (SSSR count). The summed E-state index contributed by atoms with van der Waals surface area (Å²) in [6, 6.07) is 5.64. The number of nitrogens with one attached hydrogen (secondary N) is 2. The summed E-state index contributed by atoms with van der Waals surface area (Å²) < 4.78 is 4.54. The first-order valence-electron chi connectivity index (χ1n) is 5.01. The molecule has 0 aliphatic rings. The van der Waals surface area contributed by atoms with Crippen molar-refractivity contribution in [2.24, 2.45) is 0 Å². The molecule has 0 saturated carbocycles. The Morgan fingerprint density at radius 2 is 2.19 bits per heavy atom. The molecule has 0 aliphatic heterocycles. The standard InChI is InChI=1S/C12H16N2O2/c1-8-6-10(9(2)13)4-5-11(8)14-7-12(15)16-3/h4-6,13-14H,7H2,1-3H3. The summed E-state index contributed by atoms with van der Waals surface area (Å²) in [6.07, 6.45) is 0. The van der Waals surface area contributed by atoms with Crippen molar-refractivity contribution in [3.8, 4) is 0 Å². The lowest BCUT2D eigenvalue weighted by atomic mass is 10.1. The molecule has 0 radical (unpaired) electrons. The molecule has 2 N–H and O–H groups in total. The smallest absolute Gasteiger partial charge is 0.325 e. The highest BCUT2D eigenvalue weighted by Crippen LogP contribution is 2.16. The zero-order chi connectivity index (χ0) is 12.1. The van der Waals surface area contributed by atoms with Crippen LogP contribution in [0.4, 0.5) is 5.69 Å². The van der Waals surface area contributed by atoms with Crippen molar-refractivity contribution in [1.82, 2.24) is 0 Å². The number of benzene rings is 1. The van der Waals surface area contributed by atoms with Gasteiger partial charge in [0.05, 0.1) is 7.11 Å². The third kappa shape index (κ3) is 3.08. The zero-order valence-corrected chi connectivity index (χ0v) is 9.76. The number of ether oxygens (including phenoxy) is 1. The van der Waals surface area contributed by atoms with E-state index in [1.165, 1.54) is 7.11 Å². The van der Waals surface area contributed by atoms with E-state index in [1.54, 1.807) is 6.92 Å². The summed E-state index contributed by atoms with van der Waals surface area (Å²) in [5, 5.41) is 10.5. The average molecular weight is 220 g/mol. The number of rotatable bonds is 4. The summed E-state index contributed by atoms with van der Waals surface area (Å²) in [7, 11) is 1.36. The molecular weight excluding hydrogens is 204 g/mol. The molecule has 0 amide bonds. The quantitative estimate of drug-likeness (QED) is 0.602. The Morgan fingerprint density at radius 3 is 2.69 bits per heavy atom. The number of anilines is 1. The Balaban J connectivity index is 2.75. The predicted molar refractivity (Wildman–Crippen MR) is 64.2 cm³/mol. The Hall–Kier alpha value is -1.84. The van der Waals surface area contributed by atoms with Gasteiger partial charge in [-0.2, -0.15) is 0 Å². The van der Waals surface area contributed by atoms with E-state index in [0.29, 0.717) is 5.71 Å². The fourth-order valence-corrected chi connectivity index (χ4v) is 1.33. The third-order valence-corrected chi connectivity index (χ3v) is 2.31. The number of hydrogen-bond acceptors (Lipinski definition) is 4. The molecule has 16 heavy (non-hydrogen) atoms. The van der Waals surface area contributed by atoms with Crippen molar-refractivity contribution >= 4 is 17.4 Å². The van der Waals surface area contributed by atoms with Gasteiger partial charge in [0.15, 0.2) is 0 Å². The summed E-state index contributed by atoms with van der Waals surface area (Å²) >= 11 is 0. The minimum absolute atomic E-state index is 0.153. The van der Waals surface area contributed by atoms with Gasteiger partial charge in [0, 0.05) is 11.4 Å². The molecule has 4 nitrogen and oxygen atoms in total. The van der Waals surface area contributed by atoms with E-state index < -0.39 is 0 Å². The summed E-state index contributed by atoms with van der Waals surface area (Å²) in [6.45, 7) is 3.84. The van der Waals surface area contributed by atoms with Crippen molar-refractivity contribution in [1.29, 1.82) is 5.41 Å². The van der Waals surface area contributed by atoms with E-state index in [4.69, 9.17) is 5.41 Å². The fourth-order valence-electron chi connectivity index (χ4n) is 1.33. The van der Waals surface area contributed by atoms with Crippen LogP contribution in [0.3, 0.4) is 0 Å². The van der Waals surface area contributed by atoms with Crippen LogP contribution in [0.15, 0.2) is 18.2 Å². The van der Waals surface area contributed by atoms with Crippen LogP contribution >= 0.6 is 0 Å². The van der Waals surface area contributed by atoms with Gasteiger partial charge in [0.25, 0.3) is 0 Å². The molecule has 0 atom stereocenters. The number of carbonyl (C=O) groups is 1. The van der Waals surface area contributed by atoms with Crippen molar-refractivity contribution in [2.75, 3.05) is 19.0 Å². The van der Waals surface area contributed by atoms with Gasteiger partial charge in [-0.05, 0) is 37.1 Å². The number of aryl methyl sites for hydroxylation is 1. The largest absolute Gasteiger partial charge is 0.468 e. The van der Waals surface area contributed by atoms with Crippen LogP contribution in [0.5, 0.6) is 0 Å². The van der Waals surface area contributed by atoms with Gasteiger partial charge in [0.2, 0.25) is 0 Å². The number of esters is 1. The fraction of sp³-hybridized carbons (Fsp3) is 0.333. The van der Waals surface area contributed by atoms with Crippen molar-refractivity contribution in [2.45, 2.75) is 13.8 Å². The molecule has 0 aliphatic carbocycles. The first-order chi connectivity index (χ1) is 7.54. The van der Waals surface area contributed by atoms with Gasteiger partial charge in [-0.15, -0.1) is 0 Å². The van der Waals surface area contributed by atoms with Gasteiger partial charge in [-0.1, -0.05) is 6.07 Å². The maximum Gasteiger partial charge on any atom is 0.325 e. The zero-order valence-electron chi connectivity index (χ0n) is 9.76. The van der Waals surface area contributed by atoms with Gasteiger partial charge in [0.1, 0.15) is 6.54 Å². The van der Waals surface area contributed by atoms with Crippen LogP contribution in [0.25, 0.3) is 0 Å². The van der Waals surface area contributed by atoms with E-state index >= 15 is 0 Å². The highest BCUT2D eigenvalue weighted by Gasteiger charge is 2.03. The molecule has 0 unspecified atom stereocenters. The topological polar surface area (TPSA) is 62.2 Å². The third-order valence-electron chi connectivity index (χ3n) is 2.31. The van der Waals surface area contributed by atoms with E-state index in [1.807, 2.05) is 25.1 Å². The highest BCUT2D eigenvalue weighted by atomic mass is 16.5. The molecule has 86 valence electrons. The Morgan fingerprint density at radius 1 is 1.50 bits per heavy atom. The molecule has 0 bridgehead atoms. The molecule has 0 spiro atoms. The minimum Gasteiger partial charge on any atom is -0.468 e. The van der Waals surface area contributed by atoms with E-state index in [2.05, 4.69) is 10.1 Å². The van der Waals surface area contributed by atoms with E-state index in [9.17, 15) is 4.79 Å². The van der Waals surface area contributed by atoms with Crippen LogP contribution in [0, 0.1) is 12.3 Å². The lowest BCUT2D eigenvalue weighted by Gasteiger charge is -2.09. The maximum absolute atomic E-state index is 11.0. The molecule has 1 aromatic carbocycles. The second kappa shape index (κ2) is 5.30. The SMILES string of the molecule is COC(=O)CNc1ccc(C(C)=N)cc1C. The van der Waals surface area contributed by atoms with E-state index in [-0.39, 0.29) is 12.5 Å². The first kappa shape index (κ1) is 12.2. The minimum atomic E-state index is -0.299. The monoisotopic (exact) mass is 220 g/mol. The van der Waals surface area contributed by atoms with Crippen LogP contribution in [-0.4, -0.2) is 25.3 Å². The summed E-state index contributed by atoms with van der Waals surface area (Å²) in [5.41, 5.74) is 3.31. The van der Waals surface area contributed by atoms with Crippen molar-refractivity contribution in [3.63, 3.8) is 0 Å². The number of carbonyl (C=O) groups excluding carboxylic acids is 1. The van der Waals surface area contributed by atoms with Crippen molar-refractivity contribution < 1.29 is 9.53 Å². The average Bonchev–Trinajstić information content (AvgIpc) is 2.26. The number of hydrogen-bond donors (Lipinski definition) is 2. The predicted octanol–water partition coefficient (Wildman–Crippen LogP) is 1.97. The molecule has 1 aromatic rings. The molecule has 0 fully saturated rings. The van der Waals surface area contributed by atoms with Gasteiger partial charge in [-0.25, -0.2) is 0 Å². The molecule has 0 aromatic heterocycles. The van der Waals surface area contributed by atoms with Crippen LogP contribution in [0.1, 0.15) is 18.1 Å². The van der Waals surface area contributed by atoms with Crippen LogP contribution in [-0.2, 0) is 9.53 Å². The van der Waals surface area contributed by atoms with Crippen molar-refractivity contribution in [3.05, 3.63) is 29.3 Å². The van der Waals surface area contributed by atoms with Gasteiger partial charge >= 0.3 is 5.97 Å². The normalized spacial score (nSPS) is 9.69. The lowest BCUT2D eigenvalue weighted by Crippen LogP contribution is -2.15. The lowest BCUT2D eigenvalue weighted by molar-refractivity contribution is -0.138. The first-order valence-corrected chi connectivity index (χ1v) is 5.01. The van der Waals surface area contributed by atoms with Gasteiger partial charge < -0.3 is 15.5 Å². The summed E-state index contributed by atoms with van der Waals surface area (Å²) in [5.74, 6) is -0.299. The molecular formula is C12H16N2O2. The Kier molecular flexibility index (Phi) is 4.05. The van der Waals surface area contributed by atoms with Crippen LogP contribution in [0.2, 0.25) is 0 Å². The second-order valence-electron chi connectivity index (χ2n) is 3.58. The maximum atomic E-state index is 11.0. The molecule has 0 saturated heterocycles. The summed E-state index contributed by atoms with van der Waals surface area (Å²) in [4.78, 5) is 11.0. The molecule has 4 heteroatoms. The highest BCUT2D eigenvalue weighted by molar-refractivity contribution is 5.96. The second-order valence-corrected chi connectivity index (χ2v) is 3.58. The molecule has 0 heterocycles.